The van der Waals surface area contributed by atoms with Crippen molar-refractivity contribution >= 4 is 11.9 Å². The number of aliphatic carboxylic acids is 2. The third kappa shape index (κ3) is 13.5. The average molecular weight is 733 g/mol. The number of hydrogen-bond acceptors (Lipinski definition) is 6. The van der Waals surface area contributed by atoms with Gasteiger partial charge in [0.2, 0.25) is 0 Å². The maximum absolute atomic E-state index is 14.1. The van der Waals surface area contributed by atoms with Crippen LogP contribution in [0, 0.1) is 5.41 Å². The van der Waals surface area contributed by atoms with Gasteiger partial charge in [0.1, 0.15) is 5.41 Å². The normalized spacial score (nSPS) is 20.0. The lowest BCUT2D eigenvalue weighted by Gasteiger charge is -2.55. The van der Waals surface area contributed by atoms with Gasteiger partial charge < -0.3 is 10.2 Å². The second kappa shape index (κ2) is 21.4. The summed E-state index contributed by atoms with van der Waals surface area (Å²) in [5.41, 5.74) is -1.08. The Morgan fingerprint density at radius 3 is 1.33 bits per heavy atom. The molecule has 302 valence electrons. The summed E-state index contributed by atoms with van der Waals surface area (Å²) >= 11 is 0. The quantitative estimate of drug-likeness (QED) is 0.0636. The van der Waals surface area contributed by atoms with Crippen LogP contribution < -0.4 is 0 Å². The molecule has 0 aromatic heterocycles. The Labute approximate surface area is 319 Å². The predicted octanol–water partition coefficient (Wildman–Crippen LogP) is 11.8. The van der Waals surface area contributed by atoms with Crippen molar-refractivity contribution in [2.75, 3.05) is 13.2 Å². The molecule has 0 radical (unpaired) electrons. The predicted molar refractivity (Wildman–Crippen MR) is 214 cm³/mol. The minimum Gasteiger partial charge on any atom is -0.481 e. The van der Waals surface area contributed by atoms with Crippen molar-refractivity contribution < 1.29 is 29.5 Å². The first-order valence-corrected chi connectivity index (χ1v) is 21.1. The molecule has 0 saturated heterocycles. The van der Waals surface area contributed by atoms with Gasteiger partial charge in [-0.2, -0.15) is 10.1 Å². The van der Waals surface area contributed by atoms with Gasteiger partial charge in [0.15, 0.2) is 0 Å². The Bertz CT molecular complexity index is 1090. The molecule has 0 bridgehead atoms. The van der Waals surface area contributed by atoms with E-state index < -0.39 is 39.5 Å². The molecule has 2 heterocycles. The highest BCUT2D eigenvalue weighted by Gasteiger charge is 2.55. The van der Waals surface area contributed by atoms with Gasteiger partial charge in [-0.05, 0) is 105 Å². The lowest BCUT2D eigenvalue weighted by Crippen LogP contribution is -2.61. The van der Waals surface area contributed by atoms with Gasteiger partial charge in [-0.1, -0.05) is 116 Å². The number of rotatable bonds is 27. The summed E-state index contributed by atoms with van der Waals surface area (Å²) in [5, 5.41) is 24.9. The Kier molecular flexibility index (Phi) is 19.1. The molecule has 2 aliphatic rings. The zero-order valence-corrected chi connectivity index (χ0v) is 35.3. The van der Waals surface area contributed by atoms with E-state index in [1.54, 1.807) is 0 Å². The van der Waals surface area contributed by atoms with Gasteiger partial charge in [0.05, 0.1) is 24.3 Å². The van der Waals surface area contributed by atoms with Crippen molar-refractivity contribution in [1.82, 2.24) is 10.1 Å². The van der Waals surface area contributed by atoms with E-state index in [1.165, 1.54) is 51.4 Å². The highest BCUT2D eigenvalue weighted by atomic mass is 16.7. The monoisotopic (exact) mass is 733 g/mol. The number of carboxylic acids is 2. The zero-order chi connectivity index (χ0) is 39.1. The molecular weight excluding hydrogens is 652 g/mol. The molecule has 8 nitrogen and oxygen atoms in total. The number of carbonyl (C=O) groups is 2. The second-order valence-corrected chi connectivity index (χ2v) is 18.3. The van der Waals surface area contributed by atoms with E-state index in [2.05, 4.69) is 91.5 Å². The Balaban J connectivity index is 2.45. The molecule has 0 aliphatic carbocycles. The van der Waals surface area contributed by atoms with Crippen LogP contribution in [0.5, 0.6) is 0 Å². The van der Waals surface area contributed by atoms with E-state index in [0.29, 0.717) is 38.9 Å². The summed E-state index contributed by atoms with van der Waals surface area (Å²) in [6.07, 6.45) is 24.7. The first-order valence-electron chi connectivity index (χ1n) is 21.1. The van der Waals surface area contributed by atoms with Gasteiger partial charge in [0, 0.05) is 17.5 Å². The Hall–Kier alpha value is -1.74. The van der Waals surface area contributed by atoms with Crippen LogP contribution in [0.3, 0.4) is 0 Å². The maximum atomic E-state index is 14.1. The Morgan fingerprint density at radius 1 is 0.596 bits per heavy atom. The molecule has 0 aromatic carbocycles. The third-order valence-electron chi connectivity index (χ3n) is 11.3. The standard InChI is InChI=1S/C44H80N2O6/c1-11-13-15-17-22-26-30-51-45-40(3,4)32-36(33-41(45,5)6)44(39(49)50,29-25-21-19-20-24-28-38(47)48)37-34-42(7,8)46(43(9,10)35-37)52-31-27-23-18-16-14-12-2/h32,34H,11-31,33,35H2,1-10H3,(H,47,48)(H,49,50). The molecule has 52 heavy (non-hydrogen) atoms. The average Bonchev–Trinajstić information content (AvgIpc) is 3.02. The first-order chi connectivity index (χ1) is 24.4. The van der Waals surface area contributed by atoms with Crippen LogP contribution in [0.4, 0.5) is 0 Å². The van der Waals surface area contributed by atoms with Crippen LogP contribution in [0.1, 0.15) is 204 Å². The van der Waals surface area contributed by atoms with Crippen LogP contribution in [-0.4, -0.2) is 67.6 Å². The van der Waals surface area contributed by atoms with E-state index in [1.807, 2.05) is 0 Å². The van der Waals surface area contributed by atoms with Gasteiger partial charge in [0.25, 0.3) is 0 Å². The molecule has 0 atom stereocenters. The highest BCUT2D eigenvalue weighted by Crippen LogP contribution is 2.54. The minimum absolute atomic E-state index is 0.183. The van der Waals surface area contributed by atoms with Crippen molar-refractivity contribution in [3.05, 3.63) is 23.3 Å². The molecule has 2 aliphatic heterocycles. The molecular formula is C44H80N2O6. The molecule has 0 amide bonds. The lowest BCUT2D eigenvalue weighted by atomic mass is 9.60. The summed E-state index contributed by atoms with van der Waals surface area (Å²) in [5.74, 6) is -1.54. The molecule has 2 N–H and O–H groups in total. The van der Waals surface area contributed by atoms with Crippen LogP contribution in [0.2, 0.25) is 0 Å². The summed E-state index contributed by atoms with van der Waals surface area (Å²) in [6.45, 7) is 23.2. The molecule has 0 aromatic rings. The number of hydrogen-bond donors (Lipinski definition) is 2. The molecule has 0 saturated carbocycles. The van der Waals surface area contributed by atoms with Crippen molar-refractivity contribution in [3.63, 3.8) is 0 Å². The molecule has 0 unspecified atom stereocenters. The van der Waals surface area contributed by atoms with E-state index in [-0.39, 0.29) is 6.42 Å². The van der Waals surface area contributed by atoms with Gasteiger partial charge in [-0.25, -0.2) is 0 Å². The molecule has 0 spiro atoms. The van der Waals surface area contributed by atoms with E-state index in [0.717, 1.165) is 62.5 Å². The van der Waals surface area contributed by atoms with Gasteiger partial charge in [-0.3, -0.25) is 19.3 Å². The minimum atomic E-state index is -1.17. The highest BCUT2D eigenvalue weighted by molar-refractivity contribution is 5.83. The third-order valence-corrected chi connectivity index (χ3v) is 11.3. The largest absolute Gasteiger partial charge is 0.481 e. The number of nitrogens with zero attached hydrogens (tertiary/aromatic N) is 2. The number of carboxylic acid groups (broad SMARTS) is 2. The summed E-state index contributed by atoms with van der Waals surface area (Å²) in [7, 11) is 0. The van der Waals surface area contributed by atoms with Crippen LogP contribution in [0.25, 0.3) is 0 Å². The number of unbranched alkanes of at least 4 members (excludes halogenated alkanes) is 14. The van der Waals surface area contributed by atoms with Crippen LogP contribution in [0.15, 0.2) is 23.3 Å². The lowest BCUT2D eigenvalue weighted by molar-refractivity contribution is -0.261. The fourth-order valence-corrected chi connectivity index (χ4v) is 9.12. The van der Waals surface area contributed by atoms with E-state index in [4.69, 9.17) is 14.8 Å². The second-order valence-electron chi connectivity index (χ2n) is 18.3. The summed E-state index contributed by atoms with van der Waals surface area (Å²) in [6, 6.07) is 0. The van der Waals surface area contributed by atoms with E-state index in [9.17, 15) is 14.7 Å². The van der Waals surface area contributed by atoms with E-state index >= 15 is 0 Å². The number of hydroxylamine groups is 4. The van der Waals surface area contributed by atoms with Crippen molar-refractivity contribution in [3.8, 4) is 0 Å². The topological polar surface area (TPSA) is 99.5 Å². The fourth-order valence-electron chi connectivity index (χ4n) is 9.12. The molecule has 0 fully saturated rings. The summed E-state index contributed by atoms with van der Waals surface area (Å²) < 4.78 is 0. The molecule has 8 heteroatoms. The van der Waals surface area contributed by atoms with Crippen LogP contribution in [-0.2, 0) is 19.3 Å². The smallest absolute Gasteiger partial charge is 0.317 e. The van der Waals surface area contributed by atoms with Crippen molar-refractivity contribution in [1.29, 1.82) is 0 Å². The maximum Gasteiger partial charge on any atom is 0.317 e. The first kappa shape index (κ1) is 46.4. The zero-order valence-electron chi connectivity index (χ0n) is 35.3. The molecule has 2 rings (SSSR count). The van der Waals surface area contributed by atoms with Crippen molar-refractivity contribution in [2.45, 2.75) is 226 Å². The summed E-state index contributed by atoms with van der Waals surface area (Å²) in [4.78, 5) is 38.2. The Morgan fingerprint density at radius 2 is 0.962 bits per heavy atom. The SMILES string of the molecule is CCCCCCCCON1C(C)(C)C=C(C(CCCCCCCC(=O)O)(C(=O)O)C2=CC(C)(C)N(OCCCCCCCC)C(C)(C)C2)CC1(C)C. The fraction of sp³-hybridized carbons (Fsp3) is 0.864. The van der Waals surface area contributed by atoms with Gasteiger partial charge in [-0.15, -0.1) is 0 Å². The van der Waals surface area contributed by atoms with Crippen molar-refractivity contribution in [2.24, 2.45) is 5.41 Å². The van der Waals surface area contributed by atoms with Gasteiger partial charge >= 0.3 is 11.9 Å². The van der Waals surface area contributed by atoms with Crippen LogP contribution >= 0.6 is 0 Å².